The van der Waals surface area contributed by atoms with Gasteiger partial charge in [0.2, 0.25) is 0 Å². The van der Waals surface area contributed by atoms with Crippen LogP contribution in [0.2, 0.25) is 0 Å². The monoisotopic (exact) mass is 257 g/mol. The van der Waals surface area contributed by atoms with Crippen molar-refractivity contribution < 1.29 is 9.40 Å². The summed E-state index contributed by atoms with van der Waals surface area (Å²) in [6.45, 7) is 1.03. The van der Waals surface area contributed by atoms with Crippen LogP contribution in [0.25, 0.3) is 0 Å². The van der Waals surface area contributed by atoms with Crippen LogP contribution < -0.4 is 4.57 Å². The molecule has 0 fully saturated rings. The lowest BCUT2D eigenvalue weighted by atomic mass is 10.3. The Kier molecular flexibility index (Phi) is 5.22. The summed E-state index contributed by atoms with van der Waals surface area (Å²) in [7, 11) is 1.54. The van der Waals surface area contributed by atoms with Crippen molar-refractivity contribution in [1.29, 1.82) is 0 Å². The highest BCUT2D eigenvalue weighted by molar-refractivity contribution is 9.09. The zero-order valence-electron chi connectivity index (χ0n) is 8.19. The number of alkyl halides is 1. The van der Waals surface area contributed by atoms with Gasteiger partial charge in [-0.25, -0.2) is 4.57 Å². The number of oxime groups is 1. The predicted octanol–water partition coefficient (Wildman–Crippen LogP) is 1.74. The molecule has 14 heavy (non-hydrogen) atoms. The summed E-state index contributed by atoms with van der Waals surface area (Å²) in [5.74, 6) is 0. The highest BCUT2D eigenvalue weighted by Gasteiger charge is 1.98. The van der Waals surface area contributed by atoms with E-state index in [4.69, 9.17) is 0 Å². The van der Waals surface area contributed by atoms with Gasteiger partial charge in [-0.1, -0.05) is 21.1 Å². The lowest BCUT2D eigenvalue weighted by Gasteiger charge is -1.94. The van der Waals surface area contributed by atoms with Crippen LogP contribution in [-0.4, -0.2) is 18.7 Å². The first kappa shape index (κ1) is 11.2. The third kappa shape index (κ3) is 3.87. The molecule has 1 aromatic heterocycles. The van der Waals surface area contributed by atoms with Crippen molar-refractivity contribution in [1.82, 2.24) is 0 Å². The van der Waals surface area contributed by atoms with Gasteiger partial charge in [0.05, 0.1) is 6.21 Å². The number of halogens is 1. The Hall–Kier alpha value is -0.900. The van der Waals surface area contributed by atoms with Gasteiger partial charge in [0.15, 0.2) is 12.4 Å². The summed E-state index contributed by atoms with van der Waals surface area (Å²) < 4.78 is 2.14. The van der Waals surface area contributed by atoms with Gasteiger partial charge in [-0.05, 0) is 0 Å². The lowest BCUT2D eigenvalue weighted by molar-refractivity contribution is -0.696. The second kappa shape index (κ2) is 6.54. The van der Waals surface area contributed by atoms with Gasteiger partial charge < -0.3 is 4.84 Å². The number of pyridine rings is 1. The fraction of sp³-hybridized carbons (Fsp3) is 0.400. The largest absolute Gasteiger partial charge is 0.399 e. The molecule has 1 heterocycles. The van der Waals surface area contributed by atoms with Gasteiger partial charge in [-0.3, -0.25) is 0 Å². The number of rotatable bonds is 5. The maximum Gasteiger partial charge on any atom is 0.169 e. The second-order valence-corrected chi connectivity index (χ2v) is 3.62. The Balaban J connectivity index is 2.54. The van der Waals surface area contributed by atoms with Crippen LogP contribution in [0, 0.1) is 0 Å². The van der Waals surface area contributed by atoms with E-state index >= 15 is 0 Å². The number of aryl methyl sites for hydroxylation is 1. The van der Waals surface area contributed by atoms with E-state index in [-0.39, 0.29) is 0 Å². The van der Waals surface area contributed by atoms with Crippen LogP contribution in [0.5, 0.6) is 0 Å². The summed E-state index contributed by atoms with van der Waals surface area (Å²) in [5, 5.41) is 4.73. The molecule has 0 N–H and O–H groups in total. The van der Waals surface area contributed by atoms with Gasteiger partial charge in [-0.2, -0.15) is 0 Å². The van der Waals surface area contributed by atoms with Crippen LogP contribution in [0.3, 0.4) is 0 Å². The molecule has 1 rings (SSSR count). The fourth-order valence-electron chi connectivity index (χ4n) is 1.06. The van der Waals surface area contributed by atoms with Gasteiger partial charge in [0.1, 0.15) is 13.7 Å². The molecule has 0 atom stereocenters. The quantitative estimate of drug-likeness (QED) is 0.342. The molecule has 0 radical (unpaired) electrons. The molecule has 0 aromatic carbocycles. The van der Waals surface area contributed by atoms with Crippen molar-refractivity contribution in [3.05, 3.63) is 30.1 Å². The van der Waals surface area contributed by atoms with E-state index in [1.807, 2.05) is 24.5 Å². The topological polar surface area (TPSA) is 25.5 Å². The molecule has 0 spiro atoms. The average molecular weight is 258 g/mol. The third-order valence-corrected chi connectivity index (χ3v) is 2.33. The maximum absolute atomic E-state index is 4.60. The molecule has 76 valence electrons. The summed E-state index contributed by atoms with van der Waals surface area (Å²) in [4.78, 5) is 4.60. The Morgan fingerprint density at radius 3 is 2.79 bits per heavy atom. The van der Waals surface area contributed by atoms with E-state index < -0.39 is 0 Å². The van der Waals surface area contributed by atoms with E-state index in [1.165, 1.54) is 7.11 Å². The van der Waals surface area contributed by atoms with Crippen LogP contribution in [-0.2, 0) is 11.4 Å². The van der Waals surface area contributed by atoms with Crippen LogP contribution >= 0.6 is 15.9 Å². The van der Waals surface area contributed by atoms with Gasteiger partial charge in [0.25, 0.3) is 0 Å². The summed E-state index contributed by atoms with van der Waals surface area (Å²) in [6.07, 6.45) is 6.91. The molecule has 0 aliphatic carbocycles. The van der Waals surface area contributed by atoms with Gasteiger partial charge in [-0.15, -0.1) is 0 Å². The predicted molar refractivity (Wildman–Crippen MR) is 59.7 cm³/mol. The second-order valence-electron chi connectivity index (χ2n) is 2.83. The Morgan fingerprint density at radius 1 is 1.50 bits per heavy atom. The molecule has 0 bridgehead atoms. The molecule has 0 aliphatic rings. The minimum atomic E-state index is 1.03. The summed E-state index contributed by atoms with van der Waals surface area (Å²) >= 11 is 3.40. The van der Waals surface area contributed by atoms with Crippen LogP contribution in [0.15, 0.2) is 29.7 Å². The average Bonchev–Trinajstić information content (AvgIpc) is 2.25. The van der Waals surface area contributed by atoms with Crippen molar-refractivity contribution >= 4 is 22.1 Å². The summed E-state index contributed by atoms with van der Waals surface area (Å²) in [6, 6.07) is 4.02. The number of hydrogen-bond donors (Lipinski definition) is 0. The first-order valence-corrected chi connectivity index (χ1v) is 5.60. The molecule has 3 nitrogen and oxygen atoms in total. The molecule has 4 heteroatoms. The molecule has 0 saturated heterocycles. The molecular weight excluding hydrogens is 244 g/mol. The minimum absolute atomic E-state index is 1.03. The first-order chi connectivity index (χ1) is 6.86. The number of aromatic nitrogens is 1. The number of nitrogens with zero attached hydrogens (tertiary/aromatic N) is 2. The van der Waals surface area contributed by atoms with E-state index in [2.05, 4.69) is 30.5 Å². The van der Waals surface area contributed by atoms with E-state index in [9.17, 15) is 0 Å². The van der Waals surface area contributed by atoms with E-state index in [0.29, 0.717) is 0 Å². The van der Waals surface area contributed by atoms with Gasteiger partial charge in [0, 0.05) is 29.4 Å². The molecule has 0 aliphatic heterocycles. The summed E-state index contributed by atoms with van der Waals surface area (Å²) in [5.41, 5.74) is 1.04. The van der Waals surface area contributed by atoms with E-state index in [1.54, 1.807) is 6.21 Å². The standard InChI is InChI=1S/C10H14BrN2O/c1-14-12-9-10-3-7-13(8-4-10)6-2-5-11/h3-4,7-9H,2,5-6H2,1H3/q+1/b12-9+. The highest BCUT2D eigenvalue weighted by Crippen LogP contribution is 1.92. The van der Waals surface area contributed by atoms with Crippen molar-refractivity contribution in [3.8, 4) is 0 Å². The Morgan fingerprint density at radius 2 is 2.21 bits per heavy atom. The third-order valence-electron chi connectivity index (χ3n) is 1.77. The maximum atomic E-state index is 4.60. The zero-order valence-corrected chi connectivity index (χ0v) is 9.77. The molecule has 1 aromatic rings. The first-order valence-electron chi connectivity index (χ1n) is 4.48. The minimum Gasteiger partial charge on any atom is -0.399 e. The van der Waals surface area contributed by atoms with Crippen LogP contribution in [0.4, 0.5) is 0 Å². The normalized spacial score (nSPS) is 10.7. The number of hydrogen-bond acceptors (Lipinski definition) is 2. The Bertz CT molecular complexity index is 285. The SMILES string of the molecule is CO/N=C/c1cc[n+](CCCBr)cc1. The highest BCUT2D eigenvalue weighted by atomic mass is 79.9. The molecular formula is C10H14BrN2O+. The zero-order chi connectivity index (χ0) is 10.2. The smallest absolute Gasteiger partial charge is 0.169 e. The van der Waals surface area contributed by atoms with Crippen molar-refractivity contribution in [2.24, 2.45) is 5.16 Å². The fourth-order valence-corrected chi connectivity index (χ4v) is 1.31. The Labute approximate surface area is 92.5 Å². The van der Waals surface area contributed by atoms with Crippen molar-refractivity contribution in [2.45, 2.75) is 13.0 Å². The molecule has 0 unspecified atom stereocenters. The van der Waals surface area contributed by atoms with Crippen molar-refractivity contribution in [2.75, 3.05) is 12.4 Å². The van der Waals surface area contributed by atoms with Gasteiger partial charge >= 0.3 is 0 Å². The van der Waals surface area contributed by atoms with Crippen LogP contribution in [0.1, 0.15) is 12.0 Å². The molecule has 0 amide bonds. The van der Waals surface area contributed by atoms with Crippen molar-refractivity contribution in [3.63, 3.8) is 0 Å². The lowest BCUT2D eigenvalue weighted by Crippen LogP contribution is -2.32. The molecule has 0 saturated carbocycles. The van der Waals surface area contributed by atoms with E-state index in [0.717, 1.165) is 23.9 Å².